The van der Waals surface area contributed by atoms with Crippen LogP contribution in [0.4, 0.5) is 9.59 Å². The van der Waals surface area contributed by atoms with Crippen LogP contribution in [0.2, 0.25) is 0 Å². The van der Waals surface area contributed by atoms with Crippen molar-refractivity contribution >= 4 is 62.0 Å². The average Bonchev–Trinajstić information content (AvgIpc) is 2.21. The van der Waals surface area contributed by atoms with Gasteiger partial charge in [-0.3, -0.25) is 9.79 Å². The van der Waals surface area contributed by atoms with Gasteiger partial charge in [0.2, 0.25) is 0 Å². The van der Waals surface area contributed by atoms with Crippen molar-refractivity contribution in [3.8, 4) is 0 Å². The van der Waals surface area contributed by atoms with Crippen molar-refractivity contribution in [2.45, 2.75) is 18.9 Å². The van der Waals surface area contributed by atoms with Crippen molar-refractivity contribution < 1.29 is 39.9 Å². The number of carbonyl (C=O) groups excluding carboxylic acids is 1. The molecule has 9 N–H and O–H groups in total. The van der Waals surface area contributed by atoms with Crippen LogP contribution in [0, 0.1) is 0 Å². The third-order valence-corrected chi connectivity index (χ3v) is 1.28. The van der Waals surface area contributed by atoms with Crippen LogP contribution in [0.1, 0.15) is 12.8 Å². The third kappa shape index (κ3) is 55.8. The van der Waals surface area contributed by atoms with E-state index in [1.807, 2.05) is 0 Å². The number of hydrogen-bond acceptors (Lipinski definition) is 7. The molecule has 0 aliphatic carbocycles. The van der Waals surface area contributed by atoms with Crippen molar-refractivity contribution in [2.75, 3.05) is 6.54 Å². The summed E-state index contributed by atoms with van der Waals surface area (Å²) >= 11 is 0. The summed E-state index contributed by atoms with van der Waals surface area (Å²) in [5.74, 6) is -0.987. The van der Waals surface area contributed by atoms with Gasteiger partial charge in [-0.15, -0.1) is 0 Å². The van der Waals surface area contributed by atoms with E-state index in [1.54, 1.807) is 0 Å². The van der Waals surface area contributed by atoms with E-state index in [-0.39, 0.29) is 43.7 Å². The number of carboxylic acid groups (broad SMARTS) is 5. The van der Waals surface area contributed by atoms with Crippen LogP contribution in [0.3, 0.4) is 0 Å². The molecule has 0 bridgehead atoms. The molecule has 0 aromatic rings. The minimum absolute atomic E-state index is 0. The molecule has 118 valence electrons. The second-order valence-electron chi connectivity index (χ2n) is 2.93. The molecule has 21 heavy (non-hydrogen) atoms. The number of guanidine groups is 1. The number of aliphatic imine (C=N–C) groups is 1. The summed E-state index contributed by atoms with van der Waals surface area (Å²) in [5, 5.41) is 39.0. The third-order valence-electron chi connectivity index (χ3n) is 1.28. The Hall–Kier alpha value is -1.50. The van der Waals surface area contributed by atoms with Gasteiger partial charge in [-0.25, -0.2) is 4.79 Å². The first-order valence-electron chi connectivity index (χ1n) is 4.84. The van der Waals surface area contributed by atoms with Crippen molar-refractivity contribution in [3.05, 3.63) is 0 Å². The van der Waals surface area contributed by atoms with E-state index in [0.717, 1.165) is 0 Å². The summed E-state index contributed by atoms with van der Waals surface area (Å²) in [6.07, 6.45) is -3.21. The molecule has 0 rings (SSSR count). The molecule has 0 fully saturated rings. The molecule has 12 nitrogen and oxygen atoms in total. The number of rotatable bonds is 5. The molecule has 0 heterocycles. The Morgan fingerprint density at radius 1 is 1.10 bits per heavy atom. The predicted octanol–water partition coefficient (Wildman–Crippen LogP) is -4.15. The van der Waals surface area contributed by atoms with E-state index < -0.39 is 24.3 Å². The van der Waals surface area contributed by atoms with E-state index in [2.05, 4.69) is 4.99 Å². The monoisotopic (exact) mass is 336 g/mol. The second-order valence-corrected chi connectivity index (χ2v) is 2.93. The van der Waals surface area contributed by atoms with E-state index in [0.29, 0.717) is 19.4 Å². The summed E-state index contributed by atoms with van der Waals surface area (Å²) in [5.41, 5.74) is 15.3. The Balaban J connectivity index is -0.000000134. The number of nitrogens with zero attached hydrogens (tertiary/aromatic N) is 1. The zero-order chi connectivity index (χ0) is 16.7. The van der Waals surface area contributed by atoms with Crippen LogP contribution >= 0.6 is 0 Å². The Morgan fingerprint density at radius 3 is 1.67 bits per heavy atom. The van der Waals surface area contributed by atoms with Crippen LogP contribution in [0.5, 0.6) is 0 Å². The van der Waals surface area contributed by atoms with Crippen LogP contribution in [-0.4, -0.2) is 89.9 Å². The molecule has 0 aliphatic heterocycles. The van der Waals surface area contributed by atoms with Gasteiger partial charge < -0.3 is 47.5 Å². The Bertz CT molecular complexity index is 314. The van der Waals surface area contributed by atoms with Crippen LogP contribution in [-0.2, 0) is 4.79 Å². The molecular weight excluding hydrogens is 320 g/mol. The van der Waals surface area contributed by atoms with Gasteiger partial charge in [-0.2, -0.15) is 0 Å². The SMILES string of the molecule is NC(N)=NCCCC(N)C(=O)O.O=C(O)O.O=C([O-])[O-].[Ca+2]. The van der Waals surface area contributed by atoms with Gasteiger partial charge in [0.05, 0.1) is 0 Å². The van der Waals surface area contributed by atoms with Gasteiger partial charge in [0.25, 0.3) is 0 Å². The molecule has 0 aliphatic rings. The molecule has 0 radical (unpaired) electrons. The van der Waals surface area contributed by atoms with Crippen LogP contribution < -0.4 is 27.4 Å². The molecule has 0 spiro atoms. The summed E-state index contributed by atoms with van der Waals surface area (Å²) in [4.78, 5) is 30.8. The van der Waals surface area contributed by atoms with Crippen molar-refractivity contribution in [1.29, 1.82) is 0 Å². The fourth-order valence-corrected chi connectivity index (χ4v) is 0.643. The molecule has 1 atom stereocenters. The van der Waals surface area contributed by atoms with Crippen molar-refractivity contribution in [2.24, 2.45) is 22.2 Å². The van der Waals surface area contributed by atoms with Gasteiger partial charge in [-0.05, 0) is 19.0 Å². The summed E-state index contributed by atoms with van der Waals surface area (Å²) in [6, 6.07) is -0.820. The maximum absolute atomic E-state index is 10.2. The number of aliphatic carboxylic acids is 1. The molecule has 13 heteroatoms. The number of carbonyl (C=O) groups is 3. The summed E-state index contributed by atoms with van der Waals surface area (Å²) in [6.45, 7) is 0.420. The minimum Gasteiger partial charge on any atom is -0.652 e. The summed E-state index contributed by atoms with van der Waals surface area (Å²) < 4.78 is 0. The van der Waals surface area contributed by atoms with Gasteiger partial charge in [0.1, 0.15) is 6.04 Å². The van der Waals surface area contributed by atoms with E-state index >= 15 is 0 Å². The largest absolute Gasteiger partial charge is 2.00 e. The van der Waals surface area contributed by atoms with Gasteiger partial charge in [0, 0.05) is 6.54 Å². The zero-order valence-electron chi connectivity index (χ0n) is 11.0. The quantitative estimate of drug-likeness (QED) is 0.121. The first-order chi connectivity index (χ1) is 9.00. The van der Waals surface area contributed by atoms with Crippen molar-refractivity contribution in [3.63, 3.8) is 0 Å². The zero-order valence-corrected chi connectivity index (χ0v) is 13.2. The van der Waals surface area contributed by atoms with Crippen LogP contribution in [0.25, 0.3) is 0 Å². The van der Waals surface area contributed by atoms with Crippen LogP contribution in [0.15, 0.2) is 4.99 Å². The average molecular weight is 336 g/mol. The number of carboxylic acids is 1. The Labute approximate surface area is 149 Å². The standard InChI is InChI=1S/C6H14N4O2.2CH2O3.Ca/c7-4(5(11)12)2-1-3-10-6(8)9;2*2-1(3)4;/h4H,1-3,7H2,(H,11,12)(H4,8,9,10);2*(H2,2,3,4);/q;;;+2/p-2. The summed E-state index contributed by atoms with van der Waals surface area (Å²) in [7, 11) is 0. The first kappa shape index (κ1) is 27.8. The molecule has 0 saturated carbocycles. The minimum atomic E-state index is -2.33. The molecule has 0 aromatic heterocycles. The fourth-order valence-electron chi connectivity index (χ4n) is 0.643. The second kappa shape index (κ2) is 18.5. The number of hydrogen-bond donors (Lipinski definition) is 6. The van der Waals surface area contributed by atoms with Gasteiger partial charge in [-0.1, -0.05) is 0 Å². The molecular formula is C8H16CaN4O8. The van der Waals surface area contributed by atoms with E-state index in [1.165, 1.54) is 0 Å². The number of nitrogens with two attached hydrogens (primary N) is 3. The molecule has 0 saturated heterocycles. The molecule has 0 amide bonds. The maximum Gasteiger partial charge on any atom is 2.00 e. The predicted molar refractivity (Wildman–Crippen MR) is 67.3 cm³/mol. The molecule has 1 unspecified atom stereocenters. The van der Waals surface area contributed by atoms with Gasteiger partial charge >= 0.3 is 49.9 Å². The topological polar surface area (TPSA) is 248 Å². The smallest absolute Gasteiger partial charge is 0.652 e. The van der Waals surface area contributed by atoms with E-state index in [4.69, 9.17) is 52.3 Å². The first-order valence-corrected chi connectivity index (χ1v) is 4.84. The van der Waals surface area contributed by atoms with Gasteiger partial charge in [0.15, 0.2) is 5.96 Å². The Kier molecular flexibility index (Phi) is 24.5. The Morgan fingerprint density at radius 2 is 1.43 bits per heavy atom. The van der Waals surface area contributed by atoms with Crippen molar-refractivity contribution in [1.82, 2.24) is 0 Å². The molecule has 0 aromatic carbocycles. The van der Waals surface area contributed by atoms with E-state index in [9.17, 15) is 4.79 Å². The normalized spacial score (nSPS) is 9.19. The fraction of sp³-hybridized carbons (Fsp3) is 0.500. The maximum atomic E-state index is 10.2.